The summed E-state index contributed by atoms with van der Waals surface area (Å²) in [6.45, 7) is 2.86. The van der Waals surface area contributed by atoms with Crippen molar-refractivity contribution in [1.82, 2.24) is 10.2 Å². The Morgan fingerprint density at radius 3 is 2.86 bits per heavy atom. The van der Waals surface area contributed by atoms with Gasteiger partial charge >= 0.3 is 12.0 Å². The fourth-order valence-corrected chi connectivity index (χ4v) is 2.47. The van der Waals surface area contributed by atoms with Crippen molar-refractivity contribution in [3.05, 3.63) is 29.3 Å². The number of carboxylic acid groups (broad SMARTS) is 1. The van der Waals surface area contributed by atoms with Crippen LogP contribution in [0.15, 0.2) is 24.3 Å². The van der Waals surface area contributed by atoms with E-state index in [1.807, 2.05) is 19.1 Å². The van der Waals surface area contributed by atoms with Crippen LogP contribution >= 0.6 is 11.6 Å². The topological polar surface area (TPSA) is 78.9 Å². The van der Waals surface area contributed by atoms with Gasteiger partial charge in [-0.3, -0.25) is 4.79 Å². The van der Waals surface area contributed by atoms with E-state index in [-0.39, 0.29) is 18.7 Å². The molecule has 1 aromatic rings. The number of hydrogen-bond donors (Lipinski definition) is 2. The fourth-order valence-electron chi connectivity index (χ4n) is 2.29. The van der Waals surface area contributed by atoms with Crippen molar-refractivity contribution in [2.45, 2.75) is 19.4 Å². The van der Waals surface area contributed by atoms with E-state index in [0.29, 0.717) is 30.3 Å². The van der Waals surface area contributed by atoms with E-state index in [0.717, 1.165) is 0 Å². The number of likely N-dealkylation sites (tertiary alicyclic amines) is 1. The molecule has 0 spiro atoms. The summed E-state index contributed by atoms with van der Waals surface area (Å²) in [5.74, 6) is -0.758. The summed E-state index contributed by atoms with van der Waals surface area (Å²) in [6.07, 6.45) is 0.246. The lowest BCUT2D eigenvalue weighted by molar-refractivity contribution is -0.141. The Kier molecular flexibility index (Phi) is 5.49. The third kappa shape index (κ3) is 4.27. The largest absolute Gasteiger partial charge is 0.487 e. The first-order chi connectivity index (χ1) is 10.5. The first-order valence-electron chi connectivity index (χ1n) is 7.14. The van der Waals surface area contributed by atoms with Gasteiger partial charge < -0.3 is 20.1 Å². The Hall–Kier alpha value is -1.95. The van der Waals surface area contributed by atoms with Gasteiger partial charge in [0.15, 0.2) is 0 Å². The second kappa shape index (κ2) is 7.35. The van der Waals surface area contributed by atoms with Gasteiger partial charge in [0.2, 0.25) is 0 Å². The minimum atomic E-state index is -0.856. The quantitative estimate of drug-likeness (QED) is 0.869. The lowest BCUT2D eigenvalue weighted by atomic mass is 10.1. The number of halogens is 1. The van der Waals surface area contributed by atoms with Gasteiger partial charge in [-0.1, -0.05) is 23.7 Å². The molecule has 0 aromatic heterocycles. The van der Waals surface area contributed by atoms with Gasteiger partial charge in [-0.05, 0) is 25.5 Å². The highest BCUT2D eigenvalue weighted by molar-refractivity contribution is 6.32. The molecule has 120 valence electrons. The minimum Gasteiger partial charge on any atom is -0.487 e. The lowest BCUT2D eigenvalue weighted by Crippen LogP contribution is -2.42. The molecule has 7 heteroatoms. The Labute approximate surface area is 134 Å². The molecule has 0 saturated carbocycles. The Morgan fingerprint density at radius 1 is 1.50 bits per heavy atom. The van der Waals surface area contributed by atoms with Crippen LogP contribution in [-0.4, -0.2) is 47.7 Å². The van der Waals surface area contributed by atoms with Gasteiger partial charge in [-0.15, -0.1) is 0 Å². The number of rotatable bonds is 5. The maximum absolute atomic E-state index is 12.0. The SMILES string of the molecule is CC(CNC(=O)N1CCC(C(=O)O)C1)Oc1ccccc1Cl. The van der Waals surface area contributed by atoms with Crippen molar-refractivity contribution < 1.29 is 19.4 Å². The molecule has 1 aliphatic rings. The van der Waals surface area contributed by atoms with E-state index in [2.05, 4.69) is 5.32 Å². The van der Waals surface area contributed by atoms with E-state index < -0.39 is 11.9 Å². The molecule has 0 aliphatic carbocycles. The van der Waals surface area contributed by atoms with Crippen LogP contribution in [0, 0.1) is 5.92 Å². The molecule has 1 aromatic carbocycles. The van der Waals surface area contributed by atoms with Gasteiger partial charge in [0, 0.05) is 13.1 Å². The second-order valence-corrected chi connectivity index (χ2v) is 5.72. The van der Waals surface area contributed by atoms with Crippen LogP contribution in [0.2, 0.25) is 5.02 Å². The molecule has 1 fully saturated rings. The number of amides is 2. The third-order valence-electron chi connectivity index (χ3n) is 3.53. The molecule has 0 radical (unpaired) electrons. The second-order valence-electron chi connectivity index (χ2n) is 5.31. The smallest absolute Gasteiger partial charge is 0.317 e. The molecule has 2 unspecified atom stereocenters. The van der Waals surface area contributed by atoms with Crippen molar-refractivity contribution >= 4 is 23.6 Å². The van der Waals surface area contributed by atoms with Crippen LogP contribution in [0.4, 0.5) is 4.79 Å². The van der Waals surface area contributed by atoms with E-state index >= 15 is 0 Å². The summed E-state index contributed by atoms with van der Waals surface area (Å²) in [7, 11) is 0. The van der Waals surface area contributed by atoms with Crippen molar-refractivity contribution in [2.75, 3.05) is 19.6 Å². The number of urea groups is 1. The monoisotopic (exact) mass is 326 g/mol. The number of nitrogens with one attached hydrogen (secondary N) is 1. The molecule has 2 atom stereocenters. The zero-order chi connectivity index (χ0) is 16.1. The van der Waals surface area contributed by atoms with Crippen molar-refractivity contribution in [1.29, 1.82) is 0 Å². The normalized spacial score (nSPS) is 18.8. The van der Waals surface area contributed by atoms with Crippen LogP contribution in [0.3, 0.4) is 0 Å². The molecule has 1 heterocycles. The average molecular weight is 327 g/mol. The predicted octanol–water partition coefficient (Wildman–Crippen LogP) is 2.22. The minimum absolute atomic E-state index is 0.248. The van der Waals surface area contributed by atoms with Crippen molar-refractivity contribution in [3.63, 3.8) is 0 Å². The highest BCUT2D eigenvalue weighted by Crippen LogP contribution is 2.24. The highest BCUT2D eigenvalue weighted by atomic mass is 35.5. The number of carbonyl (C=O) groups excluding carboxylic acids is 1. The Bertz CT molecular complexity index is 552. The van der Waals surface area contributed by atoms with Crippen LogP contribution in [-0.2, 0) is 4.79 Å². The standard InChI is InChI=1S/C15H19ClN2O4/c1-10(22-13-5-3-2-4-12(13)16)8-17-15(21)18-7-6-11(9-18)14(19)20/h2-5,10-11H,6-9H2,1H3,(H,17,21)(H,19,20). The number of benzene rings is 1. The van der Waals surface area contributed by atoms with Crippen LogP contribution in [0.25, 0.3) is 0 Å². The summed E-state index contributed by atoms with van der Waals surface area (Å²) in [5.41, 5.74) is 0. The van der Waals surface area contributed by atoms with Crippen molar-refractivity contribution in [2.24, 2.45) is 5.92 Å². The maximum Gasteiger partial charge on any atom is 0.317 e. The lowest BCUT2D eigenvalue weighted by Gasteiger charge is -2.20. The molecular weight excluding hydrogens is 308 g/mol. The van der Waals surface area contributed by atoms with E-state index in [9.17, 15) is 9.59 Å². The summed E-state index contributed by atoms with van der Waals surface area (Å²) in [4.78, 5) is 24.4. The van der Waals surface area contributed by atoms with Crippen LogP contribution in [0.5, 0.6) is 5.75 Å². The predicted molar refractivity (Wildman–Crippen MR) is 82.3 cm³/mol. The van der Waals surface area contributed by atoms with Crippen LogP contribution < -0.4 is 10.1 Å². The first kappa shape index (κ1) is 16.4. The summed E-state index contributed by atoms with van der Waals surface area (Å²) >= 11 is 6.00. The molecule has 2 N–H and O–H groups in total. The molecule has 1 saturated heterocycles. The van der Waals surface area contributed by atoms with Crippen LogP contribution in [0.1, 0.15) is 13.3 Å². The van der Waals surface area contributed by atoms with Gasteiger partial charge in [0.05, 0.1) is 17.5 Å². The summed E-state index contributed by atoms with van der Waals surface area (Å²) in [6, 6.07) is 6.87. The Balaban J connectivity index is 1.77. The van der Waals surface area contributed by atoms with Crippen molar-refractivity contribution in [3.8, 4) is 5.75 Å². The first-order valence-corrected chi connectivity index (χ1v) is 7.52. The van der Waals surface area contributed by atoms with Gasteiger partial charge in [0.25, 0.3) is 0 Å². The highest BCUT2D eigenvalue weighted by Gasteiger charge is 2.30. The van der Waals surface area contributed by atoms with E-state index in [1.165, 1.54) is 4.90 Å². The maximum atomic E-state index is 12.0. The van der Waals surface area contributed by atoms with Gasteiger partial charge in [-0.25, -0.2) is 4.79 Å². The summed E-state index contributed by atoms with van der Waals surface area (Å²) < 4.78 is 5.66. The number of carboxylic acids is 1. The zero-order valence-corrected chi connectivity index (χ0v) is 13.0. The Morgan fingerprint density at radius 2 is 2.23 bits per heavy atom. The third-order valence-corrected chi connectivity index (χ3v) is 3.84. The molecule has 22 heavy (non-hydrogen) atoms. The number of para-hydroxylation sites is 1. The number of ether oxygens (including phenoxy) is 1. The molecule has 1 aliphatic heterocycles. The molecular formula is C15H19ClN2O4. The molecule has 6 nitrogen and oxygen atoms in total. The fraction of sp³-hybridized carbons (Fsp3) is 0.467. The molecule has 0 bridgehead atoms. The van der Waals surface area contributed by atoms with Gasteiger partial charge in [0.1, 0.15) is 11.9 Å². The average Bonchev–Trinajstić information content (AvgIpc) is 2.97. The molecule has 2 amide bonds. The number of aliphatic carboxylic acids is 1. The number of carbonyl (C=O) groups is 2. The summed E-state index contributed by atoms with van der Waals surface area (Å²) in [5, 5.41) is 12.2. The number of nitrogens with zero attached hydrogens (tertiary/aromatic N) is 1. The molecule has 2 rings (SSSR count). The number of hydrogen-bond acceptors (Lipinski definition) is 3. The van der Waals surface area contributed by atoms with E-state index in [1.54, 1.807) is 12.1 Å². The zero-order valence-electron chi connectivity index (χ0n) is 12.3. The van der Waals surface area contributed by atoms with Gasteiger partial charge in [-0.2, -0.15) is 0 Å². The van der Waals surface area contributed by atoms with E-state index in [4.69, 9.17) is 21.4 Å².